The molecule has 142 valence electrons. The fourth-order valence-electron chi connectivity index (χ4n) is 3.04. The average Bonchev–Trinajstić information content (AvgIpc) is 3.07. The Bertz CT molecular complexity index is 807. The van der Waals surface area contributed by atoms with Crippen molar-refractivity contribution in [1.29, 1.82) is 0 Å². The van der Waals surface area contributed by atoms with E-state index in [0.29, 0.717) is 30.9 Å². The van der Waals surface area contributed by atoms with E-state index in [-0.39, 0.29) is 17.9 Å². The van der Waals surface area contributed by atoms with Crippen LogP contribution in [0.4, 0.5) is 16.2 Å². The minimum Gasteiger partial charge on any atom is -0.497 e. The third-order valence-electron chi connectivity index (χ3n) is 4.47. The van der Waals surface area contributed by atoms with E-state index in [9.17, 15) is 9.59 Å². The van der Waals surface area contributed by atoms with E-state index in [0.717, 1.165) is 11.4 Å². The number of benzene rings is 2. The fraction of sp³-hybridized carbons (Fsp3) is 0.300. The van der Waals surface area contributed by atoms with Crippen molar-refractivity contribution in [3.8, 4) is 11.5 Å². The fourth-order valence-corrected chi connectivity index (χ4v) is 3.04. The van der Waals surface area contributed by atoms with Crippen LogP contribution in [0.2, 0.25) is 0 Å². The molecule has 7 heteroatoms. The predicted molar refractivity (Wildman–Crippen MR) is 103 cm³/mol. The molecule has 1 atom stereocenters. The highest BCUT2D eigenvalue weighted by atomic mass is 16.5. The molecule has 1 heterocycles. The van der Waals surface area contributed by atoms with Crippen LogP contribution in [0.25, 0.3) is 0 Å². The normalized spacial score (nSPS) is 16.1. The molecule has 27 heavy (non-hydrogen) atoms. The van der Waals surface area contributed by atoms with Gasteiger partial charge in [-0.3, -0.25) is 4.79 Å². The number of nitrogens with one attached hydrogen (secondary N) is 2. The van der Waals surface area contributed by atoms with Crippen molar-refractivity contribution in [3.63, 3.8) is 0 Å². The van der Waals surface area contributed by atoms with Gasteiger partial charge in [0.05, 0.1) is 14.2 Å². The predicted octanol–water partition coefficient (Wildman–Crippen LogP) is 2.88. The summed E-state index contributed by atoms with van der Waals surface area (Å²) < 4.78 is 10.3. The van der Waals surface area contributed by atoms with Gasteiger partial charge in [-0.05, 0) is 36.4 Å². The zero-order valence-electron chi connectivity index (χ0n) is 15.4. The van der Waals surface area contributed by atoms with Crippen LogP contribution in [0.1, 0.15) is 6.42 Å². The van der Waals surface area contributed by atoms with E-state index in [1.165, 1.54) is 0 Å². The lowest BCUT2D eigenvalue weighted by Gasteiger charge is -2.17. The lowest BCUT2D eigenvalue weighted by atomic mass is 10.1. The summed E-state index contributed by atoms with van der Waals surface area (Å²) in [6, 6.07) is 14.2. The van der Waals surface area contributed by atoms with Crippen LogP contribution >= 0.6 is 0 Å². The minimum atomic E-state index is -0.307. The first-order valence-electron chi connectivity index (χ1n) is 8.72. The van der Waals surface area contributed by atoms with Crippen molar-refractivity contribution in [1.82, 2.24) is 5.32 Å². The van der Waals surface area contributed by atoms with Crippen LogP contribution in [0.15, 0.2) is 48.5 Å². The Kier molecular flexibility index (Phi) is 5.80. The SMILES string of the molecule is COc1ccc(N2C[C@H](CNC(=O)Nc3cccc(OC)c3)CC2=O)cc1. The quantitative estimate of drug-likeness (QED) is 0.821. The third-order valence-corrected chi connectivity index (χ3v) is 4.47. The molecule has 1 aliphatic rings. The van der Waals surface area contributed by atoms with E-state index in [1.54, 1.807) is 43.4 Å². The monoisotopic (exact) mass is 369 g/mol. The summed E-state index contributed by atoms with van der Waals surface area (Å²) in [6.07, 6.45) is 0.408. The Labute approximate surface area is 158 Å². The zero-order valence-corrected chi connectivity index (χ0v) is 15.4. The molecule has 7 nitrogen and oxygen atoms in total. The van der Waals surface area contributed by atoms with Gasteiger partial charge in [0, 0.05) is 42.9 Å². The topological polar surface area (TPSA) is 79.9 Å². The highest BCUT2D eigenvalue weighted by Gasteiger charge is 2.30. The van der Waals surface area contributed by atoms with Crippen molar-refractivity contribution in [3.05, 3.63) is 48.5 Å². The molecule has 1 fully saturated rings. The minimum absolute atomic E-state index is 0.0557. The molecule has 0 aliphatic carbocycles. The molecule has 2 N–H and O–H groups in total. The van der Waals surface area contributed by atoms with Crippen LogP contribution in [0.3, 0.4) is 0 Å². The Morgan fingerprint density at radius 1 is 1.11 bits per heavy atom. The second-order valence-corrected chi connectivity index (χ2v) is 6.34. The summed E-state index contributed by atoms with van der Waals surface area (Å²) in [5, 5.41) is 5.60. The molecule has 0 saturated carbocycles. The largest absolute Gasteiger partial charge is 0.497 e. The number of anilines is 2. The first-order valence-corrected chi connectivity index (χ1v) is 8.72. The van der Waals surface area contributed by atoms with Gasteiger partial charge in [0.2, 0.25) is 5.91 Å². The maximum Gasteiger partial charge on any atom is 0.319 e. The second-order valence-electron chi connectivity index (χ2n) is 6.34. The molecular weight excluding hydrogens is 346 g/mol. The molecule has 2 aromatic rings. The highest BCUT2D eigenvalue weighted by molar-refractivity contribution is 5.96. The summed E-state index contributed by atoms with van der Waals surface area (Å²) in [5.74, 6) is 1.54. The van der Waals surface area contributed by atoms with Crippen LogP contribution in [-0.4, -0.2) is 39.2 Å². The van der Waals surface area contributed by atoms with Gasteiger partial charge < -0.3 is 25.0 Å². The van der Waals surface area contributed by atoms with E-state index >= 15 is 0 Å². The highest BCUT2D eigenvalue weighted by Crippen LogP contribution is 2.26. The second kappa shape index (κ2) is 8.44. The van der Waals surface area contributed by atoms with Crippen molar-refractivity contribution >= 4 is 23.3 Å². The number of ether oxygens (including phenoxy) is 2. The smallest absolute Gasteiger partial charge is 0.319 e. The van der Waals surface area contributed by atoms with E-state index in [1.807, 2.05) is 24.3 Å². The van der Waals surface area contributed by atoms with Gasteiger partial charge in [-0.15, -0.1) is 0 Å². The molecule has 3 amide bonds. The van der Waals surface area contributed by atoms with Crippen molar-refractivity contribution < 1.29 is 19.1 Å². The van der Waals surface area contributed by atoms with Crippen molar-refractivity contribution in [2.75, 3.05) is 37.5 Å². The molecule has 0 radical (unpaired) electrons. The van der Waals surface area contributed by atoms with E-state index in [2.05, 4.69) is 10.6 Å². The van der Waals surface area contributed by atoms with Crippen molar-refractivity contribution in [2.45, 2.75) is 6.42 Å². The lowest BCUT2D eigenvalue weighted by Crippen LogP contribution is -2.34. The summed E-state index contributed by atoms with van der Waals surface area (Å²) in [5.41, 5.74) is 1.48. The Morgan fingerprint density at radius 3 is 2.56 bits per heavy atom. The molecule has 1 saturated heterocycles. The molecule has 0 unspecified atom stereocenters. The Morgan fingerprint density at radius 2 is 1.85 bits per heavy atom. The van der Waals surface area contributed by atoms with Crippen LogP contribution in [-0.2, 0) is 4.79 Å². The van der Waals surface area contributed by atoms with Gasteiger partial charge in [0.15, 0.2) is 0 Å². The molecule has 0 bridgehead atoms. The summed E-state index contributed by atoms with van der Waals surface area (Å²) in [7, 11) is 3.18. The van der Waals surface area contributed by atoms with Gasteiger partial charge in [0.1, 0.15) is 11.5 Å². The maximum atomic E-state index is 12.3. The zero-order chi connectivity index (χ0) is 19.2. The number of urea groups is 1. The van der Waals surface area contributed by atoms with Crippen molar-refractivity contribution in [2.24, 2.45) is 5.92 Å². The summed E-state index contributed by atoms with van der Waals surface area (Å²) in [6.45, 7) is 0.999. The van der Waals surface area contributed by atoms with Gasteiger partial charge in [-0.1, -0.05) is 6.07 Å². The number of rotatable bonds is 6. The summed E-state index contributed by atoms with van der Waals surface area (Å²) >= 11 is 0. The average molecular weight is 369 g/mol. The lowest BCUT2D eigenvalue weighted by molar-refractivity contribution is -0.117. The molecule has 1 aliphatic heterocycles. The molecule has 3 rings (SSSR count). The number of hydrogen-bond acceptors (Lipinski definition) is 4. The Hall–Kier alpha value is -3.22. The molecule has 2 aromatic carbocycles. The number of nitrogens with zero attached hydrogens (tertiary/aromatic N) is 1. The van der Waals surface area contributed by atoms with Crippen LogP contribution < -0.4 is 25.0 Å². The first kappa shape index (κ1) is 18.6. The third kappa shape index (κ3) is 4.69. The number of carbonyl (C=O) groups is 2. The van der Waals surface area contributed by atoms with Gasteiger partial charge >= 0.3 is 6.03 Å². The first-order chi connectivity index (χ1) is 13.1. The van der Waals surface area contributed by atoms with Gasteiger partial charge in [-0.2, -0.15) is 0 Å². The number of methoxy groups -OCH3 is 2. The van der Waals surface area contributed by atoms with E-state index in [4.69, 9.17) is 9.47 Å². The van der Waals surface area contributed by atoms with E-state index < -0.39 is 0 Å². The molecular formula is C20H23N3O4. The summed E-state index contributed by atoms with van der Waals surface area (Å²) in [4.78, 5) is 26.1. The van der Waals surface area contributed by atoms with Crippen LogP contribution in [0.5, 0.6) is 11.5 Å². The van der Waals surface area contributed by atoms with Crippen LogP contribution in [0, 0.1) is 5.92 Å². The number of hydrogen-bond donors (Lipinski definition) is 2. The number of amides is 3. The number of carbonyl (C=O) groups excluding carboxylic acids is 2. The standard InChI is InChI=1S/C20H23N3O4/c1-26-17-8-6-16(7-9-17)23-13-14(10-19(23)24)12-21-20(25)22-15-4-3-5-18(11-15)27-2/h3-9,11,14H,10,12-13H2,1-2H3,(H2,21,22,25)/t14-/m0/s1. The maximum absolute atomic E-state index is 12.3. The Balaban J connectivity index is 1.51. The van der Waals surface area contributed by atoms with Gasteiger partial charge in [0.25, 0.3) is 0 Å². The van der Waals surface area contributed by atoms with Gasteiger partial charge in [-0.25, -0.2) is 4.79 Å². The molecule has 0 spiro atoms. The molecule has 0 aromatic heterocycles.